The van der Waals surface area contributed by atoms with E-state index in [1.165, 1.54) is 27.7 Å². The fourth-order valence-corrected chi connectivity index (χ4v) is 2.55. The molecule has 134 valence electrons. The molecule has 0 heterocycles. The molecule has 0 bridgehead atoms. The van der Waals surface area contributed by atoms with Crippen molar-refractivity contribution >= 4 is 7.82 Å². The summed E-state index contributed by atoms with van der Waals surface area (Å²) in [5, 5.41) is 0. The Hall–Kier alpha value is -0.250. The topological polar surface area (TPSA) is 73.2 Å². The van der Waals surface area contributed by atoms with Gasteiger partial charge in [-0.2, -0.15) is 17.6 Å². The molecule has 0 radical (unpaired) electrons. The van der Waals surface area contributed by atoms with Crippen LogP contribution in [0.2, 0.25) is 0 Å². The highest BCUT2D eigenvalue weighted by Crippen LogP contribution is 2.48. The monoisotopic (exact) mass is 354 g/mol. The van der Waals surface area contributed by atoms with Gasteiger partial charge in [0.2, 0.25) is 0 Å². The lowest BCUT2D eigenvalue weighted by Crippen LogP contribution is -2.63. The van der Waals surface area contributed by atoms with Gasteiger partial charge in [-0.1, -0.05) is 27.7 Å². The van der Waals surface area contributed by atoms with E-state index in [0.717, 1.165) is 4.90 Å². The maximum absolute atomic E-state index is 14.3. The van der Waals surface area contributed by atoms with Gasteiger partial charge in [0.1, 0.15) is 0 Å². The Balaban J connectivity index is 5.81. The van der Waals surface area contributed by atoms with Crippen LogP contribution in [0.15, 0.2) is 0 Å². The van der Waals surface area contributed by atoms with Crippen LogP contribution in [-0.4, -0.2) is 64.0 Å². The summed E-state index contributed by atoms with van der Waals surface area (Å²) >= 11 is 0. The van der Waals surface area contributed by atoms with Gasteiger partial charge >= 0.3 is 19.8 Å². The first kappa shape index (κ1) is 21.8. The van der Waals surface area contributed by atoms with Crippen molar-refractivity contribution in [3.05, 3.63) is 0 Å². The summed E-state index contributed by atoms with van der Waals surface area (Å²) in [4.78, 5) is 18.5. The van der Waals surface area contributed by atoms with E-state index in [-0.39, 0.29) is 31.1 Å². The van der Waals surface area contributed by atoms with E-state index in [9.17, 15) is 22.1 Å². The fraction of sp³-hybridized carbons (Fsp3) is 1.00. The van der Waals surface area contributed by atoms with Gasteiger partial charge in [-0.3, -0.25) is 9.42 Å². The molecule has 0 spiro atoms. The average Bonchev–Trinajstić information content (AvgIpc) is 2.38. The van der Waals surface area contributed by atoms with Crippen LogP contribution < -0.4 is 0 Å². The molecule has 2 N–H and O–H groups in total. The van der Waals surface area contributed by atoms with Crippen molar-refractivity contribution in [3.63, 3.8) is 0 Å². The lowest BCUT2D eigenvalue weighted by molar-refractivity contribution is -0.329. The van der Waals surface area contributed by atoms with Crippen LogP contribution in [0.25, 0.3) is 0 Å². The van der Waals surface area contributed by atoms with Crippen molar-refractivity contribution < 1.29 is 36.4 Å². The van der Waals surface area contributed by atoms with E-state index in [2.05, 4.69) is 4.52 Å². The normalized spacial score (nSPS) is 15.6. The minimum absolute atomic E-state index is 0.148. The molecule has 0 aromatic heterocycles. The molecule has 0 aliphatic heterocycles. The first-order valence-electron chi connectivity index (χ1n) is 6.87. The van der Waals surface area contributed by atoms with Gasteiger partial charge in [0.15, 0.2) is 6.23 Å². The summed E-state index contributed by atoms with van der Waals surface area (Å²) in [7, 11) is -5.39. The Morgan fingerprint density at radius 1 is 1.00 bits per heavy atom. The maximum Gasteiger partial charge on any atom is 0.471 e. The van der Waals surface area contributed by atoms with Crippen molar-refractivity contribution in [1.29, 1.82) is 0 Å². The predicted octanol–water partition coefficient (Wildman–Crippen LogP) is 2.33. The highest BCUT2D eigenvalue weighted by Gasteiger charge is 2.66. The fourth-order valence-electron chi connectivity index (χ4n) is 2.03. The van der Waals surface area contributed by atoms with Gasteiger partial charge in [0.25, 0.3) is 0 Å². The van der Waals surface area contributed by atoms with Gasteiger partial charge < -0.3 is 9.79 Å². The van der Waals surface area contributed by atoms with E-state index in [0.29, 0.717) is 0 Å². The maximum atomic E-state index is 14.3. The number of rotatable bonds is 10. The van der Waals surface area contributed by atoms with Gasteiger partial charge in [-0.05, 0) is 13.1 Å². The molecule has 0 saturated heterocycles. The Labute approximate surface area is 127 Å². The van der Waals surface area contributed by atoms with Crippen LogP contribution in [0.3, 0.4) is 0 Å². The highest BCUT2D eigenvalue weighted by atomic mass is 31.2. The Morgan fingerprint density at radius 3 is 1.68 bits per heavy atom. The Morgan fingerprint density at radius 2 is 1.41 bits per heavy atom. The zero-order valence-corrected chi connectivity index (χ0v) is 13.9. The third-order valence-electron chi connectivity index (χ3n) is 3.25. The number of alkyl halides is 4. The highest BCUT2D eigenvalue weighted by molar-refractivity contribution is 7.46. The first-order valence-corrected chi connectivity index (χ1v) is 8.40. The molecule has 0 rings (SSSR count). The van der Waals surface area contributed by atoms with Gasteiger partial charge in [-0.15, -0.1) is 0 Å². The summed E-state index contributed by atoms with van der Waals surface area (Å²) in [6.07, 6.45) is -2.75. The summed E-state index contributed by atoms with van der Waals surface area (Å²) in [6, 6.07) is -4.63. The molecule has 0 aromatic rings. The van der Waals surface area contributed by atoms with Crippen molar-refractivity contribution in [2.24, 2.45) is 0 Å². The molecule has 0 aliphatic rings. The zero-order chi connectivity index (χ0) is 17.8. The summed E-state index contributed by atoms with van der Waals surface area (Å²) in [6.45, 7) is 4.33. The lowest BCUT2D eigenvalue weighted by atomic mass is 10.2. The molecule has 22 heavy (non-hydrogen) atoms. The lowest BCUT2D eigenvalue weighted by Gasteiger charge is -2.41. The standard InChI is InChI=1S/C11H23F4N2O4P/c1-5-16(6-2)9(21-22(18,19)20)10(12,13)11(14,15)17(7-3)8-4/h9H,5-8H2,1-4H3,(H2,18,19,20). The molecule has 0 aliphatic carbocycles. The second-order valence-electron chi connectivity index (χ2n) is 4.51. The first-order chi connectivity index (χ1) is 9.88. The minimum atomic E-state index is -5.39. The third kappa shape index (κ3) is 4.87. The number of phosphoric ester groups is 1. The molecular weight excluding hydrogens is 331 g/mol. The van der Waals surface area contributed by atoms with Crippen LogP contribution in [-0.2, 0) is 9.09 Å². The quantitative estimate of drug-likeness (QED) is 0.272. The predicted molar refractivity (Wildman–Crippen MR) is 72.7 cm³/mol. The van der Waals surface area contributed by atoms with E-state index in [4.69, 9.17) is 9.79 Å². The summed E-state index contributed by atoms with van der Waals surface area (Å²) in [5.41, 5.74) is 0. The largest absolute Gasteiger partial charge is 0.471 e. The summed E-state index contributed by atoms with van der Waals surface area (Å²) < 4.78 is 71.9. The molecule has 0 saturated carbocycles. The van der Waals surface area contributed by atoms with Gasteiger partial charge in [0.05, 0.1) is 0 Å². The third-order valence-corrected chi connectivity index (χ3v) is 3.73. The SMILES string of the molecule is CCN(CC)C(OP(=O)(O)O)C(F)(F)C(F)(F)N(CC)CC. The smallest absolute Gasteiger partial charge is 0.303 e. The zero-order valence-electron chi connectivity index (χ0n) is 13.0. The number of phosphoric acid groups is 1. The summed E-state index contributed by atoms with van der Waals surface area (Å²) in [5.74, 6) is -4.83. The number of nitrogens with zero attached hydrogens (tertiary/aromatic N) is 2. The Bertz CT molecular complexity index is 386. The molecular formula is C11H23F4N2O4P. The van der Waals surface area contributed by atoms with Crippen LogP contribution >= 0.6 is 7.82 Å². The van der Waals surface area contributed by atoms with Crippen molar-refractivity contribution in [2.75, 3.05) is 26.2 Å². The van der Waals surface area contributed by atoms with Gasteiger partial charge in [0, 0.05) is 13.1 Å². The molecule has 0 amide bonds. The average molecular weight is 354 g/mol. The van der Waals surface area contributed by atoms with Crippen LogP contribution in [0, 0.1) is 0 Å². The van der Waals surface area contributed by atoms with Crippen molar-refractivity contribution in [1.82, 2.24) is 9.80 Å². The van der Waals surface area contributed by atoms with Gasteiger partial charge in [-0.25, -0.2) is 9.46 Å². The molecule has 1 unspecified atom stereocenters. The Kier molecular flexibility index (Phi) is 7.94. The van der Waals surface area contributed by atoms with E-state index in [1.807, 2.05) is 0 Å². The molecule has 0 aromatic carbocycles. The van der Waals surface area contributed by atoms with Crippen molar-refractivity contribution in [3.8, 4) is 0 Å². The minimum Gasteiger partial charge on any atom is -0.303 e. The molecule has 1 atom stereocenters. The molecule has 0 fully saturated rings. The molecule has 6 nitrogen and oxygen atoms in total. The number of halogens is 4. The van der Waals surface area contributed by atoms with E-state index in [1.54, 1.807) is 0 Å². The second kappa shape index (κ2) is 8.03. The molecule has 11 heteroatoms. The number of hydrogen-bond acceptors (Lipinski definition) is 4. The van der Waals surface area contributed by atoms with Crippen LogP contribution in [0.5, 0.6) is 0 Å². The van der Waals surface area contributed by atoms with E-state index < -0.39 is 26.0 Å². The number of hydrogen-bond donors (Lipinski definition) is 2. The second-order valence-corrected chi connectivity index (χ2v) is 5.70. The van der Waals surface area contributed by atoms with E-state index >= 15 is 0 Å². The van der Waals surface area contributed by atoms with Crippen LogP contribution in [0.4, 0.5) is 17.6 Å². The van der Waals surface area contributed by atoms with Crippen LogP contribution in [0.1, 0.15) is 27.7 Å². The van der Waals surface area contributed by atoms with Crippen molar-refractivity contribution in [2.45, 2.75) is 45.9 Å².